The van der Waals surface area contributed by atoms with Gasteiger partial charge in [0, 0.05) is 28.2 Å². The summed E-state index contributed by atoms with van der Waals surface area (Å²) in [6.45, 7) is 4.48. The van der Waals surface area contributed by atoms with Crippen molar-refractivity contribution in [1.82, 2.24) is 4.57 Å². The van der Waals surface area contributed by atoms with Crippen molar-refractivity contribution in [2.45, 2.75) is 69.8 Å². The molecule has 3 atom stereocenters. The summed E-state index contributed by atoms with van der Waals surface area (Å²) in [5.74, 6) is 1.21. The third-order valence-electron chi connectivity index (χ3n) is 4.75. The number of aliphatic hydroxyl groups is 1. The normalized spacial score (nSPS) is 30.6. The fourth-order valence-corrected chi connectivity index (χ4v) is 5.21. The standard InChI is InChI=1S/C16H25NOS/c1-3-19-16-9-5-7-14(16)17-11(2)10-12-13(17)6-4-8-15(12)18/h10,14-16,18H,3-9H2,1-2H3. The smallest absolute Gasteiger partial charge is 0.0807 e. The number of nitrogens with zero attached hydrogens (tertiary/aromatic N) is 1. The zero-order valence-electron chi connectivity index (χ0n) is 12.1. The summed E-state index contributed by atoms with van der Waals surface area (Å²) >= 11 is 2.12. The van der Waals surface area contributed by atoms with Crippen LogP contribution in [0.4, 0.5) is 0 Å². The van der Waals surface area contributed by atoms with Crippen LogP contribution in [0.1, 0.15) is 68.1 Å². The minimum atomic E-state index is -0.220. The summed E-state index contributed by atoms with van der Waals surface area (Å²) < 4.78 is 2.58. The number of hydrogen-bond donors (Lipinski definition) is 1. The first kappa shape index (κ1) is 13.6. The Morgan fingerprint density at radius 1 is 1.32 bits per heavy atom. The van der Waals surface area contributed by atoms with Crippen LogP contribution in [-0.4, -0.2) is 20.7 Å². The molecule has 0 radical (unpaired) electrons. The highest BCUT2D eigenvalue weighted by atomic mass is 32.2. The van der Waals surface area contributed by atoms with Crippen LogP contribution >= 0.6 is 11.8 Å². The first-order valence-electron chi connectivity index (χ1n) is 7.72. The van der Waals surface area contributed by atoms with E-state index < -0.39 is 0 Å². The fourth-order valence-electron chi connectivity index (χ4n) is 3.97. The molecule has 106 valence electrons. The van der Waals surface area contributed by atoms with Crippen LogP contribution < -0.4 is 0 Å². The van der Waals surface area contributed by atoms with Crippen LogP contribution in [-0.2, 0) is 6.42 Å². The number of rotatable bonds is 3. The fraction of sp³-hybridized carbons (Fsp3) is 0.750. The predicted molar refractivity (Wildman–Crippen MR) is 81.9 cm³/mol. The number of aryl methyl sites for hydroxylation is 1. The summed E-state index contributed by atoms with van der Waals surface area (Å²) in [4.78, 5) is 0. The maximum Gasteiger partial charge on any atom is 0.0807 e. The van der Waals surface area contributed by atoms with Crippen LogP contribution in [0.3, 0.4) is 0 Å². The van der Waals surface area contributed by atoms with Gasteiger partial charge < -0.3 is 9.67 Å². The van der Waals surface area contributed by atoms with Gasteiger partial charge in [0.05, 0.1) is 6.10 Å². The number of fused-ring (bicyclic) bond motifs is 1. The Kier molecular flexibility index (Phi) is 3.95. The first-order valence-corrected chi connectivity index (χ1v) is 8.77. The Balaban J connectivity index is 1.96. The monoisotopic (exact) mass is 279 g/mol. The number of aliphatic hydroxyl groups excluding tert-OH is 1. The highest BCUT2D eigenvalue weighted by molar-refractivity contribution is 7.99. The van der Waals surface area contributed by atoms with Crippen molar-refractivity contribution in [3.05, 3.63) is 23.0 Å². The zero-order valence-corrected chi connectivity index (χ0v) is 12.9. The predicted octanol–water partition coefficient (Wildman–Crippen LogP) is 4.01. The molecule has 2 nitrogen and oxygen atoms in total. The second-order valence-electron chi connectivity index (χ2n) is 5.96. The van der Waals surface area contributed by atoms with Crippen molar-refractivity contribution in [2.24, 2.45) is 0 Å². The van der Waals surface area contributed by atoms with Crippen molar-refractivity contribution in [3.63, 3.8) is 0 Å². The Morgan fingerprint density at radius 3 is 2.95 bits per heavy atom. The van der Waals surface area contributed by atoms with Gasteiger partial charge in [0.2, 0.25) is 0 Å². The lowest BCUT2D eigenvalue weighted by atomic mass is 9.95. The molecular weight excluding hydrogens is 254 g/mol. The second kappa shape index (κ2) is 5.53. The third-order valence-corrected chi connectivity index (χ3v) is 6.06. The molecule has 19 heavy (non-hydrogen) atoms. The van der Waals surface area contributed by atoms with Crippen LogP contribution in [0.15, 0.2) is 6.07 Å². The molecule has 0 aromatic carbocycles. The van der Waals surface area contributed by atoms with Crippen LogP contribution in [0.5, 0.6) is 0 Å². The van der Waals surface area contributed by atoms with Crippen molar-refractivity contribution < 1.29 is 5.11 Å². The van der Waals surface area contributed by atoms with E-state index in [1.54, 1.807) is 0 Å². The Hall–Kier alpha value is -0.410. The van der Waals surface area contributed by atoms with E-state index in [-0.39, 0.29) is 6.10 Å². The maximum absolute atomic E-state index is 10.2. The van der Waals surface area contributed by atoms with Gasteiger partial charge >= 0.3 is 0 Å². The van der Waals surface area contributed by atoms with E-state index >= 15 is 0 Å². The van der Waals surface area contributed by atoms with Crippen molar-refractivity contribution in [2.75, 3.05) is 5.75 Å². The van der Waals surface area contributed by atoms with Gasteiger partial charge in [0.15, 0.2) is 0 Å². The summed E-state index contributed by atoms with van der Waals surface area (Å²) in [5.41, 5.74) is 4.01. The molecule has 0 spiro atoms. The molecule has 0 saturated heterocycles. The van der Waals surface area contributed by atoms with Crippen molar-refractivity contribution in [1.29, 1.82) is 0 Å². The molecule has 1 fully saturated rings. The highest BCUT2D eigenvalue weighted by Gasteiger charge is 2.33. The lowest BCUT2D eigenvalue weighted by Crippen LogP contribution is -2.21. The van der Waals surface area contributed by atoms with E-state index in [9.17, 15) is 5.11 Å². The minimum Gasteiger partial charge on any atom is -0.388 e. The van der Waals surface area contributed by atoms with E-state index in [1.165, 1.54) is 42.0 Å². The summed E-state index contributed by atoms with van der Waals surface area (Å²) in [6.07, 6.45) is 7.04. The summed E-state index contributed by atoms with van der Waals surface area (Å²) in [7, 11) is 0. The van der Waals surface area contributed by atoms with Crippen LogP contribution in [0.2, 0.25) is 0 Å². The Labute approximate surface area is 120 Å². The highest BCUT2D eigenvalue weighted by Crippen LogP contribution is 2.43. The molecule has 1 aromatic heterocycles. The quantitative estimate of drug-likeness (QED) is 0.904. The number of hydrogen-bond acceptors (Lipinski definition) is 2. The van der Waals surface area contributed by atoms with Gasteiger partial charge in [-0.25, -0.2) is 0 Å². The Bertz CT molecular complexity index is 454. The van der Waals surface area contributed by atoms with Crippen molar-refractivity contribution in [3.8, 4) is 0 Å². The van der Waals surface area contributed by atoms with Gasteiger partial charge in [-0.1, -0.05) is 13.3 Å². The van der Waals surface area contributed by atoms with Crippen LogP contribution in [0.25, 0.3) is 0 Å². The number of thioether (sulfide) groups is 1. The second-order valence-corrected chi connectivity index (χ2v) is 7.47. The molecule has 1 heterocycles. The molecule has 0 bridgehead atoms. The average Bonchev–Trinajstić information content (AvgIpc) is 2.94. The molecule has 0 aliphatic heterocycles. The lowest BCUT2D eigenvalue weighted by molar-refractivity contribution is 0.155. The van der Waals surface area contributed by atoms with Crippen molar-refractivity contribution >= 4 is 11.8 Å². The molecule has 1 saturated carbocycles. The van der Waals surface area contributed by atoms with E-state index in [4.69, 9.17) is 0 Å². The SMILES string of the molecule is CCSC1CCCC1n1c(C)cc2c1CCCC2O. The molecule has 3 rings (SSSR count). The third kappa shape index (κ3) is 2.36. The minimum absolute atomic E-state index is 0.220. The molecule has 1 aromatic rings. The Morgan fingerprint density at radius 2 is 2.16 bits per heavy atom. The molecule has 0 amide bonds. The maximum atomic E-state index is 10.2. The zero-order chi connectivity index (χ0) is 13.4. The summed E-state index contributed by atoms with van der Waals surface area (Å²) in [6, 6.07) is 2.91. The topological polar surface area (TPSA) is 25.2 Å². The van der Waals surface area contributed by atoms with Gasteiger partial charge in [0.25, 0.3) is 0 Å². The largest absolute Gasteiger partial charge is 0.388 e. The van der Waals surface area contributed by atoms with E-state index in [1.807, 2.05) is 0 Å². The average molecular weight is 279 g/mol. The molecule has 1 N–H and O–H groups in total. The van der Waals surface area contributed by atoms with E-state index in [2.05, 4.69) is 36.2 Å². The van der Waals surface area contributed by atoms with Crippen LogP contribution in [0, 0.1) is 6.92 Å². The lowest BCUT2D eigenvalue weighted by Gasteiger charge is -2.27. The first-order chi connectivity index (χ1) is 9.22. The van der Waals surface area contributed by atoms with Gasteiger partial charge in [-0.3, -0.25) is 0 Å². The van der Waals surface area contributed by atoms with Gasteiger partial charge in [-0.05, 0) is 50.8 Å². The molecule has 3 heteroatoms. The molecule has 2 aliphatic carbocycles. The van der Waals surface area contributed by atoms with Gasteiger partial charge in [0.1, 0.15) is 0 Å². The van der Waals surface area contributed by atoms with E-state index in [0.29, 0.717) is 6.04 Å². The molecule has 2 aliphatic rings. The summed E-state index contributed by atoms with van der Waals surface area (Å²) in [5, 5.41) is 11.0. The molecule has 3 unspecified atom stereocenters. The molecular formula is C16H25NOS. The van der Waals surface area contributed by atoms with E-state index in [0.717, 1.165) is 24.5 Å². The number of aromatic nitrogens is 1. The van der Waals surface area contributed by atoms with Gasteiger partial charge in [-0.2, -0.15) is 11.8 Å². The van der Waals surface area contributed by atoms with Gasteiger partial charge in [-0.15, -0.1) is 0 Å².